The minimum Gasteiger partial charge on any atom is -0.339 e. The van der Waals surface area contributed by atoms with Gasteiger partial charge < -0.3 is 9.80 Å². The predicted molar refractivity (Wildman–Crippen MR) is 90.7 cm³/mol. The summed E-state index contributed by atoms with van der Waals surface area (Å²) in [5.41, 5.74) is 0.683. The summed E-state index contributed by atoms with van der Waals surface area (Å²) >= 11 is 3.42. The zero-order chi connectivity index (χ0) is 16.1. The van der Waals surface area contributed by atoms with Crippen LogP contribution in [0.2, 0.25) is 0 Å². The molecule has 0 aliphatic carbocycles. The van der Waals surface area contributed by atoms with Gasteiger partial charge in [-0.25, -0.2) is 0 Å². The minimum absolute atomic E-state index is 0.0297. The molecular formula is C17H23BrN2O2. The van der Waals surface area contributed by atoms with Crippen LogP contribution in [-0.4, -0.2) is 47.8 Å². The smallest absolute Gasteiger partial charge is 0.255 e. The van der Waals surface area contributed by atoms with Gasteiger partial charge in [0.1, 0.15) is 0 Å². The van der Waals surface area contributed by atoms with Crippen LogP contribution in [0.3, 0.4) is 0 Å². The van der Waals surface area contributed by atoms with Crippen molar-refractivity contribution in [2.45, 2.75) is 26.7 Å². The molecule has 120 valence electrons. The van der Waals surface area contributed by atoms with Gasteiger partial charge in [-0.3, -0.25) is 9.59 Å². The van der Waals surface area contributed by atoms with E-state index in [0.717, 1.165) is 17.3 Å². The molecule has 0 saturated carbocycles. The van der Waals surface area contributed by atoms with Crippen LogP contribution in [0, 0.1) is 5.92 Å². The molecule has 0 bridgehead atoms. The van der Waals surface area contributed by atoms with E-state index in [-0.39, 0.29) is 17.7 Å². The summed E-state index contributed by atoms with van der Waals surface area (Å²) < 4.78 is 0.815. The maximum atomic E-state index is 12.5. The van der Waals surface area contributed by atoms with Crippen molar-refractivity contribution in [1.29, 1.82) is 0 Å². The van der Waals surface area contributed by atoms with Crippen LogP contribution in [-0.2, 0) is 4.79 Å². The number of hydrogen-bond acceptors (Lipinski definition) is 2. The van der Waals surface area contributed by atoms with E-state index in [1.165, 1.54) is 0 Å². The zero-order valence-corrected chi connectivity index (χ0v) is 14.8. The summed E-state index contributed by atoms with van der Waals surface area (Å²) in [6.07, 6.45) is 1.76. The molecule has 0 spiro atoms. The SMILES string of the molecule is CCC(CC)C(=O)N1CCN(C(=O)c2ccccc2Br)CC1. The van der Waals surface area contributed by atoms with E-state index < -0.39 is 0 Å². The van der Waals surface area contributed by atoms with E-state index >= 15 is 0 Å². The number of carbonyl (C=O) groups excluding carboxylic acids is 2. The molecule has 2 rings (SSSR count). The van der Waals surface area contributed by atoms with Gasteiger partial charge in [0.2, 0.25) is 5.91 Å². The van der Waals surface area contributed by atoms with Gasteiger partial charge in [-0.1, -0.05) is 26.0 Å². The molecule has 0 radical (unpaired) electrons. The van der Waals surface area contributed by atoms with Crippen LogP contribution in [0.1, 0.15) is 37.0 Å². The Morgan fingerprint density at radius 1 is 1.05 bits per heavy atom. The number of benzene rings is 1. The van der Waals surface area contributed by atoms with Crippen molar-refractivity contribution >= 4 is 27.7 Å². The van der Waals surface area contributed by atoms with Crippen molar-refractivity contribution in [3.63, 3.8) is 0 Å². The van der Waals surface area contributed by atoms with Crippen LogP contribution >= 0.6 is 15.9 Å². The Labute approximate surface area is 140 Å². The lowest BCUT2D eigenvalue weighted by Gasteiger charge is -2.36. The third kappa shape index (κ3) is 3.69. The quantitative estimate of drug-likeness (QED) is 0.820. The molecule has 1 fully saturated rings. The summed E-state index contributed by atoms with van der Waals surface area (Å²) in [6.45, 7) is 6.58. The highest BCUT2D eigenvalue weighted by atomic mass is 79.9. The fourth-order valence-corrected chi connectivity index (χ4v) is 3.29. The molecule has 1 saturated heterocycles. The summed E-state index contributed by atoms with van der Waals surface area (Å²) in [5.74, 6) is 0.380. The number of piperazine rings is 1. The van der Waals surface area contributed by atoms with Crippen molar-refractivity contribution in [1.82, 2.24) is 9.80 Å². The zero-order valence-electron chi connectivity index (χ0n) is 13.2. The number of nitrogens with zero attached hydrogens (tertiary/aromatic N) is 2. The van der Waals surface area contributed by atoms with E-state index in [1.54, 1.807) is 0 Å². The highest BCUT2D eigenvalue weighted by molar-refractivity contribution is 9.10. The van der Waals surface area contributed by atoms with Gasteiger partial charge in [0.25, 0.3) is 5.91 Å². The summed E-state index contributed by atoms with van der Waals surface area (Å²) in [7, 11) is 0. The van der Waals surface area contributed by atoms with Gasteiger partial charge in [-0.15, -0.1) is 0 Å². The Bertz CT molecular complexity index is 535. The number of amides is 2. The summed E-state index contributed by atoms with van der Waals surface area (Å²) in [6, 6.07) is 7.46. The molecule has 1 aromatic rings. The van der Waals surface area contributed by atoms with Crippen LogP contribution in [0.15, 0.2) is 28.7 Å². The molecule has 0 N–H and O–H groups in total. The number of halogens is 1. The molecule has 4 nitrogen and oxygen atoms in total. The first-order valence-corrected chi connectivity index (χ1v) is 8.70. The lowest BCUT2D eigenvalue weighted by atomic mass is 10.0. The van der Waals surface area contributed by atoms with Crippen molar-refractivity contribution in [3.8, 4) is 0 Å². The first-order valence-electron chi connectivity index (χ1n) is 7.91. The van der Waals surface area contributed by atoms with E-state index in [4.69, 9.17) is 0 Å². The maximum absolute atomic E-state index is 12.5. The highest BCUT2D eigenvalue weighted by Gasteiger charge is 2.28. The molecule has 1 aromatic carbocycles. The molecule has 22 heavy (non-hydrogen) atoms. The molecule has 1 aliphatic heterocycles. The predicted octanol–water partition coefficient (Wildman–Crippen LogP) is 3.17. The Morgan fingerprint density at radius 3 is 2.14 bits per heavy atom. The average molecular weight is 367 g/mol. The first kappa shape index (κ1) is 17.0. The van der Waals surface area contributed by atoms with Crippen molar-refractivity contribution < 1.29 is 9.59 Å². The maximum Gasteiger partial charge on any atom is 0.255 e. The minimum atomic E-state index is 0.0297. The van der Waals surface area contributed by atoms with Gasteiger partial charge in [-0.05, 0) is 40.9 Å². The molecule has 2 amide bonds. The Balaban J connectivity index is 1.96. The van der Waals surface area contributed by atoms with E-state index in [9.17, 15) is 9.59 Å². The van der Waals surface area contributed by atoms with E-state index in [0.29, 0.717) is 31.7 Å². The van der Waals surface area contributed by atoms with Crippen molar-refractivity contribution in [2.24, 2.45) is 5.92 Å². The largest absolute Gasteiger partial charge is 0.339 e. The van der Waals surface area contributed by atoms with E-state index in [1.807, 2.05) is 34.1 Å². The normalized spacial score (nSPS) is 15.3. The van der Waals surface area contributed by atoms with Crippen molar-refractivity contribution in [3.05, 3.63) is 34.3 Å². The van der Waals surface area contributed by atoms with Crippen LogP contribution in [0.4, 0.5) is 0 Å². The van der Waals surface area contributed by atoms with Crippen LogP contribution in [0.25, 0.3) is 0 Å². The molecule has 1 aliphatic rings. The summed E-state index contributed by atoms with van der Waals surface area (Å²) in [4.78, 5) is 28.6. The molecule has 1 heterocycles. The van der Waals surface area contributed by atoms with Gasteiger partial charge in [0.05, 0.1) is 5.56 Å². The van der Waals surface area contributed by atoms with Crippen molar-refractivity contribution in [2.75, 3.05) is 26.2 Å². The van der Waals surface area contributed by atoms with Gasteiger partial charge >= 0.3 is 0 Å². The van der Waals surface area contributed by atoms with Gasteiger partial charge in [0, 0.05) is 36.6 Å². The standard InChI is InChI=1S/C17H23BrN2O2/c1-3-13(4-2)16(21)19-9-11-20(12-10-19)17(22)14-7-5-6-8-15(14)18/h5-8,13H,3-4,9-12H2,1-2H3. The number of carbonyl (C=O) groups is 2. The second-order valence-corrected chi connectivity index (χ2v) is 6.47. The number of rotatable bonds is 4. The Kier molecular flexibility index (Phi) is 6.00. The fraction of sp³-hybridized carbons (Fsp3) is 0.529. The topological polar surface area (TPSA) is 40.6 Å². The number of hydrogen-bond donors (Lipinski definition) is 0. The average Bonchev–Trinajstić information content (AvgIpc) is 2.56. The first-order chi connectivity index (χ1) is 10.6. The second-order valence-electron chi connectivity index (χ2n) is 5.61. The summed E-state index contributed by atoms with van der Waals surface area (Å²) in [5, 5.41) is 0. The molecular weight excluding hydrogens is 344 g/mol. The Hall–Kier alpha value is -1.36. The monoisotopic (exact) mass is 366 g/mol. The molecule has 5 heteroatoms. The Morgan fingerprint density at radius 2 is 1.59 bits per heavy atom. The molecule has 0 aromatic heterocycles. The molecule has 0 atom stereocenters. The molecule has 0 unspecified atom stereocenters. The lowest BCUT2D eigenvalue weighted by molar-refractivity contribution is -0.137. The second kappa shape index (κ2) is 7.77. The lowest BCUT2D eigenvalue weighted by Crippen LogP contribution is -2.52. The highest BCUT2D eigenvalue weighted by Crippen LogP contribution is 2.19. The van der Waals surface area contributed by atoms with Crippen LogP contribution < -0.4 is 0 Å². The van der Waals surface area contributed by atoms with E-state index in [2.05, 4.69) is 29.8 Å². The third-order valence-electron chi connectivity index (χ3n) is 4.32. The van der Waals surface area contributed by atoms with Crippen LogP contribution in [0.5, 0.6) is 0 Å². The fourth-order valence-electron chi connectivity index (χ4n) is 2.83. The van der Waals surface area contributed by atoms with Gasteiger partial charge in [0.15, 0.2) is 0 Å². The third-order valence-corrected chi connectivity index (χ3v) is 5.01. The van der Waals surface area contributed by atoms with Gasteiger partial charge in [-0.2, -0.15) is 0 Å².